The highest BCUT2D eigenvalue weighted by atomic mass is 16.5. The zero-order chi connectivity index (χ0) is 20.4. The van der Waals surface area contributed by atoms with Crippen molar-refractivity contribution in [3.05, 3.63) is 59.2 Å². The van der Waals surface area contributed by atoms with Gasteiger partial charge in [-0.05, 0) is 48.7 Å². The van der Waals surface area contributed by atoms with Crippen LogP contribution in [0.25, 0.3) is 0 Å². The number of amides is 3. The highest BCUT2D eigenvalue weighted by molar-refractivity contribution is 6.01. The van der Waals surface area contributed by atoms with Gasteiger partial charge in [0.1, 0.15) is 5.75 Å². The van der Waals surface area contributed by atoms with E-state index in [1.165, 1.54) is 17.0 Å². The topological polar surface area (TPSA) is 99.2 Å². The first-order valence-electron chi connectivity index (χ1n) is 9.46. The van der Waals surface area contributed by atoms with Crippen LogP contribution in [0.1, 0.15) is 39.1 Å². The van der Waals surface area contributed by atoms with Crippen molar-refractivity contribution in [3.8, 4) is 5.75 Å². The summed E-state index contributed by atoms with van der Waals surface area (Å²) in [6.07, 6.45) is 2.04. The number of anilines is 1. The van der Waals surface area contributed by atoms with Gasteiger partial charge in [0.2, 0.25) is 0 Å². The van der Waals surface area contributed by atoms with Crippen LogP contribution in [0.5, 0.6) is 5.75 Å². The van der Waals surface area contributed by atoms with Crippen molar-refractivity contribution in [1.82, 2.24) is 10.4 Å². The van der Waals surface area contributed by atoms with Gasteiger partial charge in [-0.1, -0.05) is 12.1 Å². The Balaban J connectivity index is 1.61. The van der Waals surface area contributed by atoms with Gasteiger partial charge in [-0.3, -0.25) is 19.6 Å². The minimum atomic E-state index is -0.677. The maximum absolute atomic E-state index is 12.7. The summed E-state index contributed by atoms with van der Waals surface area (Å²) in [4.78, 5) is 40.3. The molecule has 29 heavy (non-hydrogen) atoms. The summed E-state index contributed by atoms with van der Waals surface area (Å²) in [5, 5.41) is 8.87. The molecule has 0 saturated carbocycles. The second-order valence-corrected chi connectivity index (χ2v) is 7.09. The first kappa shape index (κ1) is 18.9. The van der Waals surface area contributed by atoms with Crippen molar-refractivity contribution in [2.45, 2.75) is 19.4 Å². The number of carbonyl (C=O) groups excluding carboxylic acids is 3. The summed E-state index contributed by atoms with van der Waals surface area (Å²) in [5.41, 5.74) is 3.63. The fraction of sp³-hybridized carbons (Fsp3) is 0.286. The lowest BCUT2D eigenvalue weighted by Crippen LogP contribution is -2.38. The molecule has 0 aromatic heterocycles. The van der Waals surface area contributed by atoms with Gasteiger partial charge in [-0.25, -0.2) is 5.48 Å². The lowest BCUT2D eigenvalue weighted by molar-refractivity contribution is -0.121. The predicted octanol–water partition coefficient (Wildman–Crippen LogP) is 1.97. The summed E-state index contributed by atoms with van der Waals surface area (Å²) >= 11 is 0. The lowest BCUT2D eigenvalue weighted by Gasteiger charge is -2.30. The zero-order valence-corrected chi connectivity index (χ0v) is 15.8. The first-order valence-corrected chi connectivity index (χ1v) is 9.46. The SMILES string of the molecule is O=C(NO)c1ccc2c(c1)N(Cc1cccc(C(=O)N3CCCC3)c1)C(=O)CO2. The number of likely N-dealkylation sites (tertiary alicyclic amines) is 1. The maximum atomic E-state index is 12.7. The van der Waals surface area contributed by atoms with Gasteiger partial charge >= 0.3 is 0 Å². The van der Waals surface area contributed by atoms with E-state index in [9.17, 15) is 14.4 Å². The van der Waals surface area contributed by atoms with E-state index >= 15 is 0 Å². The molecule has 2 aliphatic heterocycles. The molecule has 8 heteroatoms. The fourth-order valence-electron chi connectivity index (χ4n) is 3.67. The van der Waals surface area contributed by atoms with E-state index in [1.807, 2.05) is 11.0 Å². The molecule has 0 atom stereocenters. The molecule has 0 unspecified atom stereocenters. The molecule has 0 spiro atoms. The molecule has 1 saturated heterocycles. The Morgan fingerprint density at radius 1 is 1.07 bits per heavy atom. The fourth-order valence-corrected chi connectivity index (χ4v) is 3.67. The largest absolute Gasteiger partial charge is 0.482 e. The molecule has 8 nitrogen and oxygen atoms in total. The van der Waals surface area contributed by atoms with Crippen LogP contribution in [0, 0.1) is 0 Å². The molecule has 2 aromatic rings. The van der Waals surface area contributed by atoms with Crippen LogP contribution in [0.15, 0.2) is 42.5 Å². The molecule has 4 rings (SSSR count). The van der Waals surface area contributed by atoms with Gasteiger partial charge in [0.05, 0.1) is 12.2 Å². The lowest BCUT2D eigenvalue weighted by atomic mass is 10.1. The minimum Gasteiger partial charge on any atom is -0.482 e. The third kappa shape index (κ3) is 3.79. The van der Waals surface area contributed by atoms with Crippen LogP contribution < -0.4 is 15.1 Å². The minimum absolute atomic E-state index is 0.0000395. The normalized spacial score (nSPS) is 15.7. The predicted molar refractivity (Wildman–Crippen MR) is 104 cm³/mol. The molecular weight excluding hydrogens is 374 g/mol. The van der Waals surface area contributed by atoms with E-state index in [1.54, 1.807) is 29.7 Å². The molecule has 1 fully saturated rings. The number of hydrogen-bond donors (Lipinski definition) is 2. The number of hydroxylamine groups is 1. The summed E-state index contributed by atoms with van der Waals surface area (Å²) in [6, 6.07) is 11.8. The Hall–Kier alpha value is -3.39. The van der Waals surface area contributed by atoms with Crippen LogP contribution in [0.4, 0.5) is 5.69 Å². The summed E-state index contributed by atoms with van der Waals surface area (Å²) in [5.74, 6) is -0.456. The molecular formula is C21H21N3O5. The molecule has 2 heterocycles. The third-order valence-corrected chi connectivity index (χ3v) is 5.17. The quantitative estimate of drug-likeness (QED) is 0.609. The number of carbonyl (C=O) groups is 3. The first-order chi connectivity index (χ1) is 14.1. The average Bonchev–Trinajstić information content (AvgIpc) is 3.29. The van der Waals surface area contributed by atoms with Crippen molar-refractivity contribution in [2.24, 2.45) is 0 Å². The second-order valence-electron chi connectivity index (χ2n) is 7.09. The molecule has 0 aliphatic carbocycles. The van der Waals surface area contributed by atoms with E-state index in [4.69, 9.17) is 9.94 Å². The Labute approximate surface area is 167 Å². The van der Waals surface area contributed by atoms with Crippen molar-refractivity contribution < 1.29 is 24.3 Å². The Bertz CT molecular complexity index is 969. The molecule has 0 bridgehead atoms. The van der Waals surface area contributed by atoms with Crippen molar-refractivity contribution in [2.75, 3.05) is 24.6 Å². The van der Waals surface area contributed by atoms with Gasteiger partial charge < -0.3 is 14.5 Å². The molecule has 2 aromatic carbocycles. The number of nitrogens with zero attached hydrogens (tertiary/aromatic N) is 2. The summed E-state index contributed by atoms with van der Waals surface area (Å²) < 4.78 is 5.46. The number of ether oxygens (including phenoxy) is 1. The van der Waals surface area contributed by atoms with Gasteiger partial charge in [0.15, 0.2) is 6.61 Å². The smallest absolute Gasteiger partial charge is 0.274 e. The van der Waals surface area contributed by atoms with Gasteiger partial charge in [-0.15, -0.1) is 0 Å². The van der Waals surface area contributed by atoms with E-state index in [2.05, 4.69) is 0 Å². The molecule has 2 N–H and O–H groups in total. The summed E-state index contributed by atoms with van der Waals surface area (Å²) in [7, 11) is 0. The Morgan fingerprint density at radius 3 is 2.62 bits per heavy atom. The molecule has 0 radical (unpaired) electrons. The number of benzene rings is 2. The second kappa shape index (κ2) is 7.92. The number of fused-ring (bicyclic) bond motifs is 1. The monoisotopic (exact) mass is 395 g/mol. The van der Waals surface area contributed by atoms with Crippen LogP contribution in [-0.2, 0) is 11.3 Å². The summed E-state index contributed by atoms with van der Waals surface area (Å²) in [6.45, 7) is 1.67. The van der Waals surface area contributed by atoms with E-state index in [0.29, 0.717) is 17.0 Å². The van der Waals surface area contributed by atoms with E-state index in [-0.39, 0.29) is 30.5 Å². The van der Waals surface area contributed by atoms with E-state index in [0.717, 1.165) is 31.5 Å². The number of rotatable bonds is 4. The van der Waals surface area contributed by atoms with Crippen LogP contribution in [-0.4, -0.2) is 47.5 Å². The van der Waals surface area contributed by atoms with Crippen LogP contribution in [0.3, 0.4) is 0 Å². The zero-order valence-electron chi connectivity index (χ0n) is 15.8. The van der Waals surface area contributed by atoms with E-state index < -0.39 is 5.91 Å². The molecule has 3 amide bonds. The van der Waals surface area contributed by atoms with Gasteiger partial charge in [0.25, 0.3) is 17.7 Å². The maximum Gasteiger partial charge on any atom is 0.274 e. The average molecular weight is 395 g/mol. The third-order valence-electron chi connectivity index (χ3n) is 5.17. The number of hydrogen-bond acceptors (Lipinski definition) is 5. The van der Waals surface area contributed by atoms with Crippen LogP contribution >= 0.6 is 0 Å². The Kier molecular flexibility index (Phi) is 5.18. The molecule has 2 aliphatic rings. The van der Waals surface area contributed by atoms with Crippen molar-refractivity contribution >= 4 is 23.4 Å². The van der Waals surface area contributed by atoms with Crippen molar-refractivity contribution in [3.63, 3.8) is 0 Å². The van der Waals surface area contributed by atoms with Gasteiger partial charge in [0, 0.05) is 24.2 Å². The van der Waals surface area contributed by atoms with Crippen molar-refractivity contribution in [1.29, 1.82) is 0 Å². The molecule has 150 valence electrons. The highest BCUT2D eigenvalue weighted by Crippen LogP contribution is 2.34. The Morgan fingerprint density at radius 2 is 1.86 bits per heavy atom. The van der Waals surface area contributed by atoms with Gasteiger partial charge in [-0.2, -0.15) is 0 Å². The highest BCUT2D eigenvalue weighted by Gasteiger charge is 2.27. The standard InChI is InChI=1S/C21H21N3O5/c25-19-13-29-18-7-6-15(20(26)22-28)11-17(18)24(19)12-14-4-3-5-16(10-14)21(27)23-8-1-2-9-23/h3-7,10-11,28H,1-2,8-9,12-13H2,(H,22,26). The van der Waals surface area contributed by atoms with Crippen LogP contribution in [0.2, 0.25) is 0 Å². The number of nitrogens with one attached hydrogen (secondary N) is 1.